The van der Waals surface area contributed by atoms with Gasteiger partial charge >= 0.3 is 0 Å². The normalized spacial score (nSPS) is 18.3. The van der Waals surface area contributed by atoms with E-state index in [1.54, 1.807) is 6.07 Å². The molecule has 0 unspecified atom stereocenters. The van der Waals surface area contributed by atoms with Crippen molar-refractivity contribution in [2.75, 3.05) is 11.9 Å². The maximum Gasteiger partial charge on any atom is 0.202 e. The van der Waals surface area contributed by atoms with Crippen LogP contribution in [0.1, 0.15) is 18.0 Å². The van der Waals surface area contributed by atoms with Crippen LogP contribution in [-0.2, 0) is 0 Å². The number of nitrogens with one attached hydrogen (secondary N) is 1. The van der Waals surface area contributed by atoms with Crippen LogP contribution in [0.4, 0.5) is 9.52 Å². The Morgan fingerprint density at radius 2 is 2.41 bits per heavy atom. The molecule has 0 fully saturated rings. The molecule has 1 atom stereocenters. The third-order valence-corrected chi connectivity index (χ3v) is 3.28. The SMILES string of the molecule is Fc1cccc2c1OCC[C@@H]2Nc1ncns1. The second-order valence-corrected chi connectivity index (χ2v) is 4.52. The van der Waals surface area contributed by atoms with Crippen LogP contribution in [0.2, 0.25) is 0 Å². The van der Waals surface area contributed by atoms with Gasteiger partial charge in [0, 0.05) is 23.5 Å². The number of para-hydroxylation sites is 1. The average molecular weight is 251 g/mol. The van der Waals surface area contributed by atoms with Gasteiger partial charge in [0.15, 0.2) is 11.6 Å². The summed E-state index contributed by atoms with van der Waals surface area (Å²) in [6.45, 7) is 0.504. The number of rotatable bonds is 2. The molecule has 1 aliphatic heterocycles. The molecule has 0 amide bonds. The fourth-order valence-electron chi connectivity index (χ4n) is 1.92. The first kappa shape index (κ1) is 10.5. The van der Waals surface area contributed by atoms with Crippen molar-refractivity contribution < 1.29 is 9.13 Å². The van der Waals surface area contributed by atoms with E-state index in [4.69, 9.17) is 4.74 Å². The highest BCUT2D eigenvalue weighted by atomic mass is 32.1. The van der Waals surface area contributed by atoms with Crippen molar-refractivity contribution >= 4 is 16.7 Å². The lowest BCUT2D eigenvalue weighted by Crippen LogP contribution is -2.21. The van der Waals surface area contributed by atoms with Crippen molar-refractivity contribution in [3.05, 3.63) is 35.9 Å². The van der Waals surface area contributed by atoms with Crippen LogP contribution >= 0.6 is 11.5 Å². The van der Waals surface area contributed by atoms with E-state index in [1.165, 1.54) is 23.9 Å². The Balaban J connectivity index is 1.92. The quantitative estimate of drug-likeness (QED) is 0.891. The lowest BCUT2D eigenvalue weighted by Gasteiger charge is -2.26. The molecule has 1 aromatic heterocycles. The second-order valence-electron chi connectivity index (χ2n) is 3.74. The number of benzene rings is 1. The molecule has 3 rings (SSSR count). The van der Waals surface area contributed by atoms with E-state index < -0.39 is 0 Å². The molecule has 4 nitrogen and oxygen atoms in total. The largest absolute Gasteiger partial charge is 0.490 e. The first-order valence-corrected chi connectivity index (χ1v) is 6.06. The number of halogens is 1. The van der Waals surface area contributed by atoms with Crippen molar-refractivity contribution in [3.8, 4) is 5.75 Å². The van der Waals surface area contributed by atoms with Crippen LogP contribution in [0, 0.1) is 5.82 Å². The molecule has 2 aromatic rings. The summed E-state index contributed by atoms with van der Waals surface area (Å²) in [7, 11) is 0. The Kier molecular flexibility index (Phi) is 2.64. The first-order valence-electron chi connectivity index (χ1n) is 5.29. The number of ether oxygens (including phenoxy) is 1. The molecular formula is C11H10FN3OS. The highest BCUT2D eigenvalue weighted by Crippen LogP contribution is 2.35. The lowest BCUT2D eigenvalue weighted by molar-refractivity contribution is 0.260. The van der Waals surface area contributed by atoms with Gasteiger partial charge in [0.2, 0.25) is 5.13 Å². The molecule has 1 N–H and O–H groups in total. The average Bonchev–Trinajstić information content (AvgIpc) is 2.83. The van der Waals surface area contributed by atoms with Crippen LogP contribution < -0.4 is 10.1 Å². The van der Waals surface area contributed by atoms with Crippen molar-refractivity contribution in [2.24, 2.45) is 0 Å². The number of aromatic nitrogens is 2. The minimum Gasteiger partial charge on any atom is -0.490 e. The maximum atomic E-state index is 13.5. The Labute approximate surface area is 102 Å². The molecule has 1 aliphatic rings. The fraction of sp³-hybridized carbons (Fsp3) is 0.273. The van der Waals surface area contributed by atoms with Crippen molar-refractivity contribution in [1.29, 1.82) is 0 Å². The molecular weight excluding hydrogens is 241 g/mol. The number of hydrogen-bond donors (Lipinski definition) is 1. The van der Waals surface area contributed by atoms with E-state index in [0.29, 0.717) is 12.4 Å². The van der Waals surface area contributed by atoms with E-state index in [2.05, 4.69) is 14.7 Å². The van der Waals surface area contributed by atoms with Crippen LogP contribution in [0.5, 0.6) is 5.75 Å². The van der Waals surface area contributed by atoms with Crippen molar-refractivity contribution in [3.63, 3.8) is 0 Å². The zero-order valence-corrected chi connectivity index (χ0v) is 9.71. The molecule has 0 saturated carbocycles. The van der Waals surface area contributed by atoms with E-state index >= 15 is 0 Å². The van der Waals surface area contributed by atoms with Gasteiger partial charge in [-0.1, -0.05) is 12.1 Å². The summed E-state index contributed by atoms with van der Waals surface area (Å²) < 4.78 is 22.8. The predicted molar refractivity (Wildman–Crippen MR) is 62.8 cm³/mol. The van der Waals surface area contributed by atoms with E-state index in [9.17, 15) is 4.39 Å². The molecule has 2 heterocycles. The number of hydrogen-bond acceptors (Lipinski definition) is 5. The number of nitrogens with zero attached hydrogens (tertiary/aromatic N) is 2. The monoisotopic (exact) mass is 251 g/mol. The van der Waals surface area contributed by atoms with E-state index in [0.717, 1.165) is 17.1 Å². The Hall–Kier alpha value is -1.69. The molecule has 17 heavy (non-hydrogen) atoms. The number of fused-ring (bicyclic) bond motifs is 1. The van der Waals surface area contributed by atoms with Gasteiger partial charge in [-0.15, -0.1) is 0 Å². The third kappa shape index (κ3) is 1.95. The summed E-state index contributed by atoms with van der Waals surface area (Å²) in [5.41, 5.74) is 0.839. The molecule has 0 saturated heterocycles. The molecule has 1 aromatic carbocycles. The minimum absolute atomic E-state index is 0.0300. The molecule has 0 bridgehead atoms. The Morgan fingerprint density at radius 1 is 1.47 bits per heavy atom. The second kappa shape index (κ2) is 4.29. The Bertz CT molecular complexity index is 517. The zero-order chi connectivity index (χ0) is 11.7. The Morgan fingerprint density at radius 3 is 3.24 bits per heavy atom. The van der Waals surface area contributed by atoms with Crippen LogP contribution in [0.3, 0.4) is 0 Å². The van der Waals surface area contributed by atoms with Crippen LogP contribution in [0.25, 0.3) is 0 Å². The summed E-state index contributed by atoms with van der Waals surface area (Å²) in [4.78, 5) is 4.07. The molecule has 6 heteroatoms. The summed E-state index contributed by atoms with van der Waals surface area (Å²) in [5.74, 6) is 0.0343. The van der Waals surface area contributed by atoms with E-state index in [-0.39, 0.29) is 11.9 Å². The molecule has 0 radical (unpaired) electrons. The molecule has 88 valence electrons. The summed E-state index contributed by atoms with van der Waals surface area (Å²) in [6, 6.07) is 5.00. The minimum atomic E-state index is -0.314. The van der Waals surface area contributed by atoms with Crippen molar-refractivity contribution in [2.45, 2.75) is 12.5 Å². The van der Waals surface area contributed by atoms with Gasteiger partial charge in [0.25, 0.3) is 0 Å². The topological polar surface area (TPSA) is 47.0 Å². The van der Waals surface area contributed by atoms with Gasteiger partial charge in [-0.25, -0.2) is 9.37 Å². The molecule has 0 spiro atoms. The first-order chi connectivity index (χ1) is 8.34. The molecule has 0 aliphatic carbocycles. The summed E-state index contributed by atoms with van der Waals surface area (Å²) in [6.07, 6.45) is 2.29. The van der Waals surface area contributed by atoms with Crippen LogP contribution in [-0.4, -0.2) is 16.0 Å². The highest BCUT2D eigenvalue weighted by molar-refractivity contribution is 7.09. The van der Waals surface area contributed by atoms with Gasteiger partial charge in [-0.05, 0) is 6.07 Å². The maximum absolute atomic E-state index is 13.5. The van der Waals surface area contributed by atoms with Gasteiger partial charge in [-0.3, -0.25) is 0 Å². The van der Waals surface area contributed by atoms with Crippen LogP contribution in [0.15, 0.2) is 24.5 Å². The smallest absolute Gasteiger partial charge is 0.202 e. The third-order valence-electron chi connectivity index (χ3n) is 2.68. The summed E-state index contributed by atoms with van der Waals surface area (Å²) in [5, 5.41) is 3.99. The van der Waals surface area contributed by atoms with Gasteiger partial charge in [0.05, 0.1) is 12.6 Å². The summed E-state index contributed by atoms with van der Waals surface area (Å²) >= 11 is 1.29. The highest BCUT2D eigenvalue weighted by Gasteiger charge is 2.24. The lowest BCUT2D eigenvalue weighted by atomic mass is 10.0. The van der Waals surface area contributed by atoms with Gasteiger partial charge < -0.3 is 10.1 Å². The van der Waals surface area contributed by atoms with E-state index in [1.807, 2.05) is 6.07 Å². The fourth-order valence-corrected chi connectivity index (χ4v) is 2.41. The van der Waals surface area contributed by atoms with Gasteiger partial charge in [-0.2, -0.15) is 4.37 Å². The number of anilines is 1. The zero-order valence-electron chi connectivity index (χ0n) is 8.89. The van der Waals surface area contributed by atoms with Gasteiger partial charge in [0.1, 0.15) is 6.33 Å². The predicted octanol–water partition coefficient (Wildman–Crippen LogP) is 2.61. The van der Waals surface area contributed by atoms with Crippen molar-refractivity contribution in [1.82, 2.24) is 9.36 Å². The standard InChI is InChI=1S/C11H10FN3OS/c12-8-3-1-2-7-9(4-5-16-10(7)8)15-11-13-6-14-17-11/h1-3,6,9H,4-5H2,(H,13,14,15)/t9-/m0/s1.